The van der Waals surface area contributed by atoms with Crippen molar-refractivity contribution in [3.63, 3.8) is 0 Å². The number of carbonyl (C=O) groups is 1. The van der Waals surface area contributed by atoms with Gasteiger partial charge in [-0.05, 0) is 12.8 Å². The van der Waals surface area contributed by atoms with Crippen LogP contribution in [-0.2, 0) is 4.79 Å². The summed E-state index contributed by atoms with van der Waals surface area (Å²) in [7, 11) is 0. The Labute approximate surface area is 127 Å². The van der Waals surface area contributed by atoms with E-state index in [4.69, 9.17) is 0 Å². The molecule has 0 N–H and O–H groups in total. The van der Waals surface area contributed by atoms with Crippen LogP contribution >= 0.6 is 0 Å². The maximum atomic E-state index is 11.6. The van der Waals surface area contributed by atoms with Crippen LogP contribution in [0.25, 0.3) is 0 Å². The molecule has 0 bridgehead atoms. The quantitative estimate of drug-likeness (QED) is 0.382. The summed E-state index contributed by atoms with van der Waals surface area (Å²) in [6, 6.07) is 0. The van der Waals surface area contributed by atoms with Crippen molar-refractivity contribution in [1.82, 2.24) is 4.90 Å². The van der Waals surface area contributed by atoms with Crippen molar-refractivity contribution in [2.75, 3.05) is 13.1 Å². The van der Waals surface area contributed by atoms with E-state index >= 15 is 0 Å². The molecule has 0 aromatic rings. The fraction of sp³-hybridized carbons (Fsp3) is 0.944. The summed E-state index contributed by atoms with van der Waals surface area (Å²) in [6.45, 7) is 8.15. The maximum absolute atomic E-state index is 11.6. The predicted octanol–water partition coefficient (Wildman–Crippen LogP) is 5.56. The lowest BCUT2D eigenvalue weighted by molar-refractivity contribution is -0.129. The van der Waals surface area contributed by atoms with Crippen LogP contribution in [0.2, 0.25) is 0 Å². The molecule has 1 amide bonds. The van der Waals surface area contributed by atoms with Gasteiger partial charge in [-0.1, -0.05) is 78.1 Å². The maximum Gasteiger partial charge on any atom is 0.219 e. The van der Waals surface area contributed by atoms with E-state index in [1.165, 1.54) is 77.0 Å². The molecule has 0 spiro atoms. The SMILES string of the molecule is CCCCCCCCN(CCCCCCCC)C(C)=O. The molecule has 2 nitrogen and oxygen atoms in total. The molecule has 120 valence electrons. The van der Waals surface area contributed by atoms with Crippen molar-refractivity contribution in [3.8, 4) is 0 Å². The Balaban J connectivity index is 3.53. The second kappa shape index (κ2) is 14.9. The van der Waals surface area contributed by atoms with E-state index in [0.29, 0.717) is 0 Å². The van der Waals surface area contributed by atoms with E-state index in [9.17, 15) is 4.79 Å². The van der Waals surface area contributed by atoms with Gasteiger partial charge in [-0.15, -0.1) is 0 Å². The highest BCUT2D eigenvalue weighted by Gasteiger charge is 2.07. The van der Waals surface area contributed by atoms with E-state index in [1.54, 1.807) is 6.92 Å². The number of amides is 1. The summed E-state index contributed by atoms with van der Waals surface area (Å²) < 4.78 is 0. The summed E-state index contributed by atoms with van der Waals surface area (Å²) in [4.78, 5) is 13.7. The summed E-state index contributed by atoms with van der Waals surface area (Å²) in [5.41, 5.74) is 0. The van der Waals surface area contributed by atoms with Gasteiger partial charge >= 0.3 is 0 Å². The smallest absolute Gasteiger partial charge is 0.219 e. The molecule has 0 saturated heterocycles. The number of hydrogen-bond acceptors (Lipinski definition) is 1. The van der Waals surface area contributed by atoms with Gasteiger partial charge in [0.25, 0.3) is 0 Å². The van der Waals surface area contributed by atoms with Gasteiger partial charge in [0.2, 0.25) is 5.91 Å². The first-order valence-electron chi connectivity index (χ1n) is 8.97. The third kappa shape index (κ3) is 12.5. The van der Waals surface area contributed by atoms with Crippen LogP contribution in [0.15, 0.2) is 0 Å². The van der Waals surface area contributed by atoms with Gasteiger partial charge < -0.3 is 4.90 Å². The normalized spacial score (nSPS) is 10.8. The van der Waals surface area contributed by atoms with E-state index in [0.717, 1.165) is 13.1 Å². The largest absolute Gasteiger partial charge is 0.343 e. The molecule has 2 heteroatoms. The van der Waals surface area contributed by atoms with Crippen LogP contribution in [-0.4, -0.2) is 23.9 Å². The number of nitrogens with zero attached hydrogens (tertiary/aromatic N) is 1. The van der Waals surface area contributed by atoms with Crippen LogP contribution in [0, 0.1) is 0 Å². The summed E-state index contributed by atoms with van der Waals surface area (Å²) in [5, 5.41) is 0. The van der Waals surface area contributed by atoms with E-state index in [-0.39, 0.29) is 5.91 Å². The standard InChI is InChI=1S/C18H37NO/c1-4-6-8-10-12-14-16-19(18(3)20)17-15-13-11-9-7-5-2/h4-17H2,1-3H3. The zero-order chi connectivity index (χ0) is 15.1. The predicted molar refractivity (Wildman–Crippen MR) is 89.0 cm³/mol. The highest BCUT2D eigenvalue weighted by atomic mass is 16.2. The molecular formula is C18H37NO. The van der Waals surface area contributed by atoms with Crippen LogP contribution in [0.5, 0.6) is 0 Å². The lowest BCUT2D eigenvalue weighted by atomic mass is 10.1. The molecule has 0 fully saturated rings. The number of rotatable bonds is 14. The Kier molecular flexibility index (Phi) is 14.5. The van der Waals surface area contributed by atoms with Gasteiger partial charge in [0.15, 0.2) is 0 Å². The molecule has 20 heavy (non-hydrogen) atoms. The lowest BCUT2D eigenvalue weighted by Gasteiger charge is -2.21. The Morgan fingerprint density at radius 3 is 1.35 bits per heavy atom. The average Bonchev–Trinajstić information content (AvgIpc) is 2.43. The summed E-state index contributed by atoms with van der Waals surface area (Å²) in [6.07, 6.45) is 15.6. The Bertz CT molecular complexity index is 199. The zero-order valence-corrected chi connectivity index (χ0v) is 14.3. The highest BCUT2D eigenvalue weighted by Crippen LogP contribution is 2.09. The Morgan fingerprint density at radius 1 is 0.650 bits per heavy atom. The molecule has 0 saturated carbocycles. The van der Waals surface area contributed by atoms with Gasteiger partial charge in [-0.2, -0.15) is 0 Å². The van der Waals surface area contributed by atoms with Gasteiger partial charge in [0.1, 0.15) is 0 Å². The van der Waals surface area contributed by atoms with Crippen molar-refractivity contribution in [3.05, 3.63) is 0 Å². The molecule has 0 aromatic carbocycles. The molecule has 0 aliphatic carbocycles. The number of carbonyl (C=O) groups excluding carboxylic acids is 1. The minimum absolute atomic E-state index is 0.257. The van der Waals surface area contributed by atoms with Crippen LogP contribution in [0.1, 0.15) is 97.8 Å². The van der Waals surface area contributed by atoms with Crippen molar-refractivity contribution in [2.45, 2.75) is 97.8 Å². The van der Waals surface area contributed by atoms with E-state index < -0.39 is 0 Å². The fourth-order valence-electron chi connectivity index (χ4n) is 2.59. The van der Waals surface area contributed by atoms with Crippen molar-refractivity contribution in [2.24, 2.45) is 0 Å². The Morgan fingerprint density at radius 2 is 1.00 bits per heavy atom. The van der Waals surface area contributed by atoms with E-state index in [1.807, 2.05) is 0 Å². The van der Waals surface area contributed by atoms with Crippen molar-refractivity contribution in [1.29, 1.82) is 0 Å². The fourth-order valence-corrected chi connectivity index (χ4v) is 2.59. The first kappa shape index (κ1) is 19.5. The molecule has 0 atom stereocenters. The van der Waals surface area contributed by atoms with Gasteiger partial charge in [0.05, 0.1) is 0 Å². The molecule has 0 aromatic heterocycles. The summed E-state index contributed by atoms with van der Waals surface area (Å²) >= 11 is 0. The molecule has 0 unspecified atom stereocenters. The van der Waals surface area contributed by atoms with Crippen molar-refractivity contribution < 1.29 is 4.79 Å². The Hall–Kier alpha value is -0.530. The molecule has 0 rings (SSSR count). The first-order chi connectivity index (χ1) is 9.72. The highest BCUT2D eigenvalue weighted by molar-refractivity contribution is 5.73. The topological polar surface area (TPSA) is 20.3 Å². The summed E-state index contributed by atoms with van der Waals surface area (Å²) in [5.74, 6) is 0.257. The molecular weight excluding hydrogens is 246 g/mol. The number of unbranched alkanes of at least 4 members (excludes halogenated alkanes) is 10. The minimum Gasteiger partial charge on any atom is -0.343 e. The minimum atomic E-state index is 0.257. The second-order valence-corrected chi connectivity index (χ2v) is 6.04. The average molecular weight is 283 g/mol. The monoisotopic (exact) mass is 283 g/mol. The third-order valence-electron chi connectivity index (χ3n) is 4.01. The third-order valence-corrected chi connectivity index (χ3v) is 4.01. The van der Waals surface area contributed by atoms with Gasteiger partial charge in [-0.25, -0.2) is 0 Å². The second-order valence-electron chi connectivity index (χ2n) is 6.04. The van der Waals surface area contributed by atoms with Crippen LogP contribution < -0.4 is 0 Å². The number of hydrogen-bond donors (Lipinski definition) is 0. The van der Waals surface area contributed by atoms with E-state index in [2.05, 4.69) is 18.7 Å². The first-order valence-corrected chi connectivity index (χ1v) is 8.97. The van der Waals surface area contributed by atoms with Crippen LogP contribution in [0.3, 0.4) is 0 Å². The molecule has 0 radical (unpaired) electrons. The lowest BCUT2D eigenvalue weighted by Crippen LogP contribution is -2.30. The molecule has 0 aliphatic heterocycles. The zero-order valence-electron chi connectivity index (χ0n) is 14.3. The molecule has 0 heterocycles. The van der Waals surface area contributed by atoms with Crippen LogP contribution in [0.4, 0.5) is 0 Å². The van der Waals surface area contributed by atoms with Gasteiger partial charge in [-0.3, -0.25) is 4.79 Å². The molecule has 0 aliphatic rings. The van der Waals surface area contributed by atoms with Crippen molar-refractivity contribution >= 4 is 5.91 Å². The van der Waals surface area contributed by atoms with Gasteiger partial charge in [0, 0.05) is 20.0 Å².